The number of para-hydroxylation sites is 1. The molecule has 0 unspecified atom stereocenters. The van der Waals surface area contributed by atoms with Crippen LogP contribution in [0.15, 0.2) is 201 Å². The molecule has 0 atom stereocenters. The van der Waals surface area contributed by atoms with E-state index in [2.05, 4.69) is 82.5 Å². The van der Waals surface area contributed by atoms with Gasteiger partial charge in [-0.3, -0.25) is 19.3 Å². The van der Waals surface area contributed by atoms with Crippen molar-refractivity contribution in [2.24, 2.45) is 0 Å². The Morgan fingerprint density at radius 3 is 1.23 bits per heavy atom. The average Bonchev–Trinajstić information content (AvgIpc) is 3.95. The van der Waals surface area contributed by atoms with Gasteiger partial charge in [-0.05, 0) is 46.5 Å². The smallest absolute Gasteiger partial charge is 0.326 e. The van der Waals surface area contributed by atoms with Crippen LogP contribution in [-0.2, 0) is 45.2 Å². The number of hydrogen-bond donors (Lipinski definition) is 0. The molecule has 4 aromatic heterocycles. The van der Waals surface area contributed by atoms with Crippen molar-refractivity contribution in [3.63, 3.8) is 0 Å². The van der Waals surface area contributed by atoms with Gasteiger partial charge in [-0.2, -0.15) is 0 Å². The molecule has 0 fully saturated rings. The summed E-state index contributed by atoms with van der Waals surface area (Å²) in [5, 5.41) is 1.80. The number of nitrogens with zero attached hydrogens (tertiary/aromatic N) is 5. The molecule has 9 aromatic rings. The summed E-state index contributed by atoms with van der Waals surface area (Å²) in [4.78, 5) is 43.1. The summed E-state index contributed by atoms with van der Waals surface area (Å²) in [6, 6.07) is 50.4. The molecule has 17 aliphatic rings. The van der Waals surface area contributed by atoms with E-state index in [1.54, 1.807) is 0 Å². The lowest BCUT2D eigenvalue weighted by atomic mass is 9.97. The van der Waals surface area contributed by atoms with E-state index in [1.807, 2.05) is 137 Å². The predicted molar refractivity (Wildman–Crippen MR) is 289 cm³/mol. The highest BCUT2D eigenvalue weighted by molar-refractivity contribution is 6.23. The number of imide groups is 1. The maximum Gasteiger partial charge on any atom is 0.326 e. The Bertz CT molecular complexity index is 3390. The van der Waals surface area contributed by atoms with E-state index in [0.717, 1.165) is 62.5 Å². The van der Waals surface area contributed by atoms with Gasteiger partial charge in [0, 0.05) is 81.6 Å². The van der Waals surface area contributed by atoms with Gasteiger partial charge >= 0.3 is 5.97 Å². The largest absolute Gasteiger partial charge is 0.491 e. The summed E-state index contributed by atoms with van der Waals surface area (Å²) in [6.45, 7) is 3.80. The number of carbonyl (C=O) groups excluding carboxylic acids is 3. The van der Waals surface area contributed by atoms with E-state index in [0.29, 0.717) is 56.4 Å². The summed E-state index contributed by atoms with van der Waals surface area (Å²) < 4.78 is 43.1. The van der Waals surface area contributed by atoms with Crippen LogP contribution in [-0.4, -0.2) is 82.1 Å². The van der Waals surface area contributed by atoms with Crippen molar-refractivity contribution in [3.8, 4) is 39.5 Å². The third kappa shape index (κ3) is 12.3. The molecule has 0 N–H and O–H groups in total. The van der Waals surface area contributed by atoms with Crippen molar-refractivity contribution >= 4 is 28.6 Å². The van der Waals surface area contributed by atoms with Crippen molar-refractivity contribution < 1.29 is 61.1 Å². The average molecular weight is 1040 g/mol. The second kappa shape index (κ2) is 24.3. The number of carbonyl (C=O) groups is 3. The fourth-order valence-electron chi connectivity index (χ4n) is 9.79. The molecular formula is C64H59N5O9+4. The third-order valence-electron chi connectivity index (χ3n) is 13.8. The van der Waals surface area contributed by atoms with Crippen LogP contribution in [0, 0.1) is 0 Å². The second-order valence-corrected chi connectivity index (χ2v) is 19.1. The van der Waals surface area contributed by atoms with Crippen molar-refractivity contribution in [1.29, 1.82) is 0 Å². The standard InChI is InChI=1S/C64H59N5O9/c70-60(78-41-37-74-36-40-77-59-11-5-8-56-57(59)9-4-10-58(56)76-39-35-73-34-38-75-55-6-2-1-3-7-55)46-69-63(71)61-53-16-17-54(62(61)64(69)72)45-68-32-24-52(25-33-68)50-20-28-66(29-21-50)43-48-13-12-47(14-15-48)42-65-26-18-49(19-27-65)51-22-30-67(44-53)31-23-51/h1-33H,34-46H2/q+4. The number of amides is 2. The van der Waals surface area contributed by atoms with Crippen molar-refractivity contribution in [2.75, 3.05) is 59.4 Å². The normalized spacial score (nSPS) is 12.8. The Hall–Kier alpha value is -9.11. The van der Waals surface area contributed by atoms with Crippen LogP contribution in [0.5, 0.6) is 17.2 Å². The minimum Gasteiger partial charge on any atom is -0.491 e. The number of ether oxygens (including phenoxy) is 6. The van der Waals surface area contributed by atoms with Crippen LogP contribution in [0.1, 0.15) is 43.0 Å². The molecule has 14 heteroatoms. The molecule has 0 aliphatic carbocycles. The first-order chi connectivity index (χ1) is 38.4. The first-order valence-corrected chi connectivity index (χ1v) is 26.2. The van der Waals surface area contributed by atoms with E-state index < -0.39 is 24.3 Å². The molecule has 5 aromatic carbocycles. The zero-order valence-corrected chi connectivity index (χ0v) is 43.2. The maximum atomic E-state index is 14.4. The Morgan fingerprint density at radius 1 is 0.397 bits per heavy atom. The molecule has 17 aliphatic heterocycles. The molecule has 0 spiro atoms. The number of rotatable bonds is 17. The summed E-state index contributed by atoms with van der Waals surface area (Å²) in [5.74, 6) is 0.414. The van der Waals surface area contributed by atoms with Gasteiger partial charge < -0.3 is 28.4 Å². The van der Waals surface area contributed by atoms with Gasteiger partial charge in [0.1, 0.15) is 50.2 Å². The molecule has 14 nitrogen and oxygen atoms in total. The van der Waals surface area contributed by atoms with Crippen LogP contribution in [0.3, 0.4) is 0 Å². The Kier molecular flexibility index (Phi) is 15.9. The molecule has 21 heterocycles. The quantitative estimate of drug-likeness (QED) is 0.0394. The zero-order valence-electron chi connectivity index (χ0n) is 43.2. The van der Waals surface area contributed by atoms with Crippen LogP contribution in [0.25, 0.3) is 33.0 Å². The first kappa shape index (κ1) is 51.0. The fourth-order valence-corrected chi connectivity index (χ4v) is 9.79. The monoisotopic (exact) mass is 1040 g/mol. The molecule has 26 rings (SSSR count). The van der Waals surface area contributed by atoms with Gasteiger partial charge in [0.15, 0.2) is 75.8 Å². The van der Waals surface area contributed by atoms with Gasteiger partial charge in [0.05, 0.1) is 37.6 Å². The molecule has 390 valence electrons. The Morgan fingerprint density at radius 2 is 0.795 bits per heavy atom. The molecule has 0 saturated heterocycles. The van der Waals surface area contributed by atoms with Gasteiger partial charge in [-0.15, -0.1) is 0 Å². The Balaban J connectivity index is 0.709. The molecule has 0 radical (unpaired) electrons. The molecule has 2 amide bonds. The topological polar surface area (TPSA) is 125 Å². The minimum absolute atomic E-state index is 0.0729. The molecular weight excluding hydrogens is 983 g/mol. The summed E-state index contributed by atoms with van der Waals surface area (Å²) in [6.07, 6.45) is 16.3. The zero-order chi connectivity index (χ0) is 53.0. The number of fused-ring (bicyclic) bond motifs is 1. The number of esters is 1. The SMILES string of the molecule is O=C(CN1C(=O)c2c3ccc(c2C1=O)C[n+]1ccc(cc1)-c1cc[n+](cc1)Cc1ccc(cc1)C[n+]1ccc(cc1)-c1cc[n+](cc1)C3)OCCOCCOc1cccc2c(OCCOCCOc3ccccc3)cccc12. The van der Waals surface area contributed by atoms with E-state index in [1.165, 1.54) is 11.1 Å². The van der Waals surface area contributed by atoms with Crippen LogP contribution in [0.2, 0.25) is 0 Å². The summed E-state index contributed by atoms with van der Waals surface area (Å²) in [7, 11) is 0. The number of aromatic nitrogens is 4. The molecule has 78 heavy (non-hydrogen) atoms. The van der Waals surface area contributed by atoms with Crippen molar-refractivity contribution in [1.82, 2.24) is 4.90 Å². The highest BCUT2D eigenvalue weighted by atomic mass is 16.6. The van der Waals surface area contributed by atoms with Gasteiger partial charge in [0.2, 0.25) is 0 Å². The lowest BCUT2D eigenvalue weighted by Crippen LogP contribution is -2.37. The lowest BCUT2D eigenvalue weighted by Gasteiger charge is -2.14. The number of hydrogen-bond acceptors (Lipinski definition) is 9. The summed E-state index contributed by atoms with van der Waals surface area (Å²) in [5.41, 5.74) is 8.58. The van der Waals surface area contributed by atoms with Gasteiger partial charge in [0.25, 0.3) is 11.8 Å². The maximum absolute atomic E-state index is 14.4. The first-order valence-electron chi connectivity index (χ1n) is 26.2. The summed E-state index contributed by atoms with van der Waals surface area (Å²) >= 11 is 0. The third-order valence-corrected chi connectivity index (χ3v) is 13.8. The van der Waals surface area contributed by atoms with Crippen LogP contribution < -0.4 is 32.5 Å². The fraction of sp³-hybridized carbons (Fsp3) is 0.203. The van der Waals surface area contributed by atoms with Crippen LogP contribution in [0.4, 0.5) is 0 Å². The van der Waals surface area contributed by atoms with Gasteiger partial charge in [-0.1, -0.05) is 78.9 Å². The van der Waals surface area contributed by atoms with E-state index in [4.69, 9.17) is 28.4 Å². The Labute approximate surface area is 452 Å². The highest BCUT2D eigenvalue weighted by Gasteiger charge is 2.42. The van der Waals surface area contributed by atoms with E-state index in [9.17, 15) is 14.4 Å². The number of pyridine rings is 4. The van der Waals surface area contributed by atoms with Gasteiger partial charge in [-0.25, -0.2) is 18.3 Å². The second-order valence-electron chi connectivity index (χ2n) is 19.1. The minimum atomic E-state index is -0.719. The number of benzene rings is 5. The van der Waals surface area contributed by atoms with E-state index >= 15 is 0 Å². The van der Waals surface area contributed by atoms with Crippen molar-refractivity contribution in [2.45, 2.75) is 26.2 Å². The predicted octanol–water partition coefficient (Wildman–Crippen LogP) is 7.54. The molecule has 12 bridgehead atoms. The lowest BCUT2D eigenvalue weighted by molar-refractivity contribution is -0.689. The highest BCUT2D eigenvalue weighted by Crippen LogP contribution is 2.33. The molecule has 0 saturated carbocycles. The van der Waals surface area contributed by atoms with Crippen LogP contribution >= 0.6 is 0 Å². The van der Waals surface area contributed by atoms with E-state index in [-0.39, 0.29) is 37.6 Å². The van der Waals surface area contributed by atoms with Crippen molar-refractivity contribution in [3.05, 3.63) is 235 Å².